The molecule has 136 valence electrons. The molecule has 3 heterocycles. The van der Waals surface area contributed by atoms with Crippen LogP contribution in [0.15, 0.2) is 84.4 Å². The Balaban J connectivity index is 1.76. The van der Waals surface area contributed by atoms with Crippen molar-refractivity contribution in [2.75, 3.05) is 0 Å². The number of thiazole rings is 1. The number of rotatable bonds is 1. The van der Waals surface area contributed by atoms with E-state index in [9.17, 15) is 0 Å². The van der Waals surface area contributed by atoms with Gasteiger partial charge in [0.25, 0.3) is 0 Å². The molecule has 0 amide bonds. The van der Waals surface area contributed by atoms with E-state index in [2.05, 4.69) is 88.4 Å². The van der Waals surface area contributed by atoms with Crippen molar-refractivity contribution in [1.82, 2.24) is 9.55 Å². The van der Waals surface area contributed by atoms with E-state index < -0.39 is 0 Å². The lowest BCUT2D eigenvalue weighted by Crippen LogP contribution is -1.93. The average molecular weight is 407 g/mol. The summed E-state index contributed by atoms with van der Waals surface area (Å²) in [5, 5.41) is 5.29. The van der Waals surface area contributed by atoms with Crippen LogP contribution < -0.4 is 0 Å². The molecule has 0 saturated carbocycles. The molecule has 0 fully saturated rings. The molecule has 0 unspecified atom stereocenters. The lowest BCUT2D eigenvalue weighted by Gasteiger charge is -2.09. The standard InChI is InChI=1S/C25H14N2S2/c1-3-7-20-16(5-1)17-10-12-22-24(18-6-2-4-8-21(18)29-22)25(17)27(20)15-9-11-19-23(13-15)28-14-26-19/h1-14H. The van der Waals surface area contributed by atoms with Gasteiger partial charge in [-0.15, -0.1) is 22.7 Å². The van der Waals surface area contributed by atoms with E-state index in [1.165, 1.54) is 52.4 Å². The zero-order valence-electron chi connectivity index (χ0n) is 15.3. The second-order valence-corrected chi connectivity index (χ2v) is 9.26. The SMILES string of the molecule is c1ccc2c(c1)sc1ccc3c4ccccc4n(-c4ccc5ncsc5c4)c3c12. The minimum Gasteiger partial charge on any atom is -0.309 e. The van der Waals surface area contributed by atoms with Crippen molar-refractivity contribution in [3.63, 3.8) is 0 Å². The van der Waals surface area contributed by atoms with E-state index in [0.29, 0.717) is 0 Å². The van der Waals surface area contributed by atoms with E-state index >= 15 is 0 Å². The fraction of sp³-hybridized carbons (Fsp3) is 0. The Labute approximate surface area is 174 Å². The van der Waals surface area contributed by atoms with Crippen molar-refractivity contribution in [3.8, 4) is 5.69 Å². The van der Waals surface area contributed by atoms with Crippen molar-refractivity contribution in [2.24, 2.45) is 0 Å². The van der Waals surface area contributed by atoms with Crippen LogP contribution in [0.1, 0.15) is 0 Å². The molecular weight excluding hydrogens is 392 g/mol. The average Bonchev–Trinajstić information content (AvgIpc) is 3.46. The Morgan fingerprint density at radius 3 is 2.52 bits per heavy atom. The second-order valence-electron chi connectivity index (χ2n) is 7.29. The molecule has 3 aromatic heterocycles. The first-order chi connectivity index (χ1) is 14.4. The third-order valence-electron chi connectivity index (χ3n) is 5.75. The topological polar surface area (TPSA) is 17.8 Å². The predicted molar refractivity (Wildman–Crippen MR) is 127 cm³/mol. The smallest absolute Gasteiger partial charge is 0.0813 e. The molecule has 0 spiro atoms. The summed E-state index contributed by atoms with van der Waals surface area (Å²) in [5.41, 5.74) is 6.71. The maximum absolute atomic E-state index is 4.46. The Morgan fingerprint density at radius 2 is 1.55 bits per heavy atom. The van der Waals surface area contributed by atoms with Gasteiger partial charge in [0.2, 0.25) is 0 Å². The third-order valence-corrected chi connectivity index (χ3v) is 7.68. The molecule has 0 aliphatic heterocycles. The highest BCUT2D eigenvalue weighted by Crippen LogP contribution is 2.43. The second kappa shape index (κ2) is 5.66. The summed E-state index contributed by atoms with van der Waals surface area (Å²) in [5.74, 6) is 0. The predicted octanol–water partition coefficient (Wildman–Crippen LogP) is 7.76. The first-order valence-electron chi connectivity index (χ1n) is 9.55. The van der Waals surface area contributed by atoms with Crippen LogP contribution in [0.5, 0.6) is 0 Å². The van der Waals surface area contributed by atoms with Crippen molar-refractivity contribution >= 4 is 74.9 Å². The summed E-state index contributed by atoms with van der Waals surface area (Å²) in [6.45, 7) is 0. The number of hydrogen-bond acceptors (Lipinski definition) is 3. The van der Waals surface area contributed by atoms with Crippen LogP contribution in [0, 0.1) is 0 Å². The fourth-order valence-corrected chi connectivity index (χ4v) is 6.33. The molecule has 7 rings (SSSR count). The van der Waals surface area contributed by atoms with Crippen molar-refractivity contribution < 1.29 is 0 Å². The summed E-state index contributed by atoms with van der Waals surface area (Å²) in [4.78, 5) is 4.46. The number of fused-ring (bicyclic) bond motifs is 8. The Morgan fingerprint density at radius 1 is 0.690 bits per heavy atom. The minimum atomic E-state index is 1.06. The third kappa shape index (κ3) is 2.07. The molecule has 2 nitrogen and oxygen atoms in total. The molecule has 0 aliphatic rings. The molecular formula is C25H14N2S2. The van der Waals surface area contributed by atoms with Crippen LogP contribution in [0.3, 0.4) is 0 Å². The molecule has 29 heavy (non-hydrogen) atoms. The van der Waals surface area contributed by atoms with Gasteiger partial charge in [-0.2, -0.15) is 0 Å². The Bertz CT molecular complexity index is 1720. The highest BCUT2D eigenvalue weighted by Gasteiger charge is 2.17. The van der Waals surface area contributed by atoms with E-state index in [1.807, 2.05) is 16.8 Å². The van der Waals surface area contributed by atoms with Gasteiger partial charge < -0.3 is 4.57 Å². The molecule has 0 bridgehead atoms. The van der Waals surface area contributed by atoms with Gasteiger partial charge in [-0.1, -0.05) is 42.5 Å². The molecule has 4 aromatic carbocycles. The maximum Gasteiger partial charge on any atom is 0.0813 e. The summed E-state index contributed by atoms with van der Waals surface area (Å²) >= 11 is 3.57. The summed E-state index contributed by atoms with van der Waals surface area (Å²) in [7, 11) is 0. The molecule has 4 heteroatoms. The first kappa shape index (κ1) is 15.7. The number of nitrogens with zero attached hydrogens (tertiary/aromatic N) is 2. The van der Waals surface area contributed by atoms with Crippen LogP contribution in [0.4, 0.5) is 0 Å². The maximum atomic E-state index is 4.46. The minimum absolute atomic E-state index is 1.06. The van der Waals surface area contributed by atoms with Gasteiger partial charge in [0.05, 0.1) is 26.8 Å². The van der Waals surface area contributed by atoms with Gasteiger partial charge in [-0.05, 0) is 36.4 Å². The van der Waals surface area contributed by atoms with Gasteiger partial charge >= 0.3 is 0 Å². The van der Waals surface area contributed by atoms with E-state index in [1.54, 1.807) is 11.3 Å². The summed E-state index contributed by atoms with van der Waals surface area (Å²) in [6.07, 6.45) is 0. The quantitative estimate of drug-likeness (QED) is 0.272. The summed E-state index contributed by atoms with van der Waals surface area (Å²) < 4.78 is 6.33. The fourth-order valence-electron chi connectivity index (χ4n) is 4.52. The van der Waals surface area contributed by atoms with Gasteiger partial charge in [0.15, 0.2) is 0 Å². The number of thiophene rings is 1. The van der Waals surface area contributed by atoms with Gasteiger partial charge in [0.1, 0.15) is 0 Å². The highest BCUT2D eigenvalue weighted by atomic mass is 32.1. The number of aromatic nitrogens is 2. The molecule has 0 aliphatic carbocycles. The number of benzene rings is 4. The zero-order chi connectivity index (χ0) is 18.9. The van der Waals surface area contributed by atoms with E-state index in [-0.39, 0.29) is 0 Å². The molecule has 0 atom stereocenters. The van der Waals surface area contributed by atoms with Crippen LogP contribution in [0.2, 0.25) is 0 Å². The Kier molecular flexibility index (Phi) is 3.06. The molecule has 0 N–H and O–H groups in total. The largest absolute Gasteiger partial charge is 0.309 e. The van der Waals surface area contributed by atoms with Crippen LogP contribution in [-0.4, -0.2) is 9.55 Å². The van der Waals surface area contributed by atoms with Crippen molar-refractivity contribution in [3.05, 3.63) is 84.4 Å². The van der Waals surface area contributed by atoms with E-state index in [0.717, 1.165) is 5.52 Å². The van der Waals surface area contributed by atoms with Gasteiger partial charge in [0, 0.05) is 36.6 Å². The van der Waals surface area contributed by atoms with Crippen LogP contribution in [-0.2, 0) is 0 Å². The van der Waals surface area contributed by atoms with Gasteiger partial charge in [-0.3, -0.25) is 0 Å². The first-order valence-corrected chi connectivity index (χ1v) is 11.3. The molecule has 0 saturated heterocycles. The number of para-hydroxylation sites is 1. The number of hydrogen-bond donors (Lipinski definition) is 0. The Hall–Kier alpha value is -3.21. The van der Waals surface area contributed by atoms with Gasteiger partial charge in [-0.25, -0.2) is 4.98 Å². The van der Waals surface area contributed by atoms with Crippen LogP contribution in [0.25, 0.3) is 57.9 Å². The van der Waals surface area contributed by atoms with Crippen LogP contribution >= 0.6 is 22.7 Å². The van der Waals surface area contributed by atoms with Crippen molar-refractivity contribution in [2.45, 2.75) is 0 Å². The lowest BCUT2D eigenvalue weighted by atomic mass is 10.1. The normalized spacial score (nSPS) is 12.1. The monoisotopic (exact) mass is 406 g/mol. The molecule has 0 radical (unpaired) electrons. The molecule has 7 aromatic rings. The van der Waals surface area contributed by atoms with Crippen molar-refractivity contribution in [1.29, 1.82) is 0 Å². The zero-order valence-corrected chi connectivity index (χ0v) is 16.9. The highest BCUT2D eigenvalue weighted by molar-refractivity contribution is 7.26. The lowest BCUT2D eigenvalue weighted by molar-refractivity contribution is 1.19. The summed E-state index contributed by atoms with van der Waals surface area (Å²) in [6, 6.07) is 28.6. The van der Waals surface area contributed by atoms with E-state index in [4.69, 9.17) is 0 Å².